The fourth-order valence-electron chi connectivity index (χ4n) is 13.3. The van der Waals surface area contributed by atoms with E-state index in [1.165, 1.54) is 74.3 Å². The molecule has 0 saturated carbocycles. The number of carbonyl (C=O) groups is 12. The monoisotopic (exact) mass is 1670 g/mol. The van der Waals surface area contributed by atoms with Crippen LogP contribution in [0.1, 0.15) is 127 Å². The first-order valence-electron chi connectivity index (χ1n) is 36.8. The zero-order chi connectivity index (χ0) is 86.5. The number of thiazole rings is 2. The summed E-state index contributed by atoms with van der Waals surface area (Å²) < 4.78 is 88.5. The van der Waals surface area contributed by atoms with E-state index in [1.54, 1.807) is 107 Å². The standard InChI is InChI=1S/C28H19F5N4O5.C26H24N6O4S.C22H20N4O5.C4H6N2S.CH3F/c1-13-12-36(26(39)14-5-3-2-4-6-14)9-10-37(13)27(40)24(38)16-11-35-22-15(7-8-34-23(16)22)28(41)42-25-20(32)18(30)17(29)19(31)21(25)33;1-15-14-37-26(29-15)30-23(34)18-8-9-27-21-19(12-28-20(18)21)22(33)25(36)32-11-10-31(13-16(32)2)24(35)17-6-4-3-5-7-17;1-13-12-25(20(28)14-5-3-2-4-6-14)9-10-26(13)21(29)19(27)16-11-24-17-15(22(30)31)7-8-23-18(16)17;1-3-2-7-4(5)6-3;1-2/h2-8,11,13,35H,9-10,12H2,1H3;3-9,12,14,16,28H,10-11,13H2,1-2H3,(H,29,30,34);2-8,11,13,24H,9-10,12H2,1H3,(H,30,31);2H,1H3,(H2,5,6);1H3/t13-;16-;13-;;/m111../s1/i;;;;1D. The molecule has 15 rings (SSSR count). The number of anilines is 2. The highest BCUT2D eigenvalue weighted by molar-refractivity contribution is 7.14. The normalized spacial score (nSPS) is 15.2. The Kier molecular flexibility index (Phi) is 26.6. The van der Waals surface area contributed by atoms with Crippen LogP contribution in [0.3, 0.4) is 0 Å². The first-order chi connectivity index (χ1) is 57.4. The molecule has 30 nitrogen and oxygen atoms in total. The van der Waals surface area contributed by atoms with Crippen molar-refractivity contribution in [3.8, 4) is 5.75 Å². The number of Topliss-reactive ketones (excluding diaryl/α,β-unsaturated/α-hetero) is 3. The summed E-state index contributed by atoms with van der Waals surface area (Å²) in [7, 11) is -1.00. The third-order valence-corrected chi connectivity index (χ3v) is 20.8. The van der Waals surface area contributed by atoms with E-state index in [9.17, 15) is 89.0 Å². The molecule has 7 amide bonds. The second-order valence-corrected chi connectivity index (χ2v) is 28.7. The number of carbonyl (C=O) groups excluding carboxylic acids is 11. The summed E-state index contributed by atoms with van der Waals surface area (Å²) in [6, 6.07) is 29.1. The number of nitrogens with zero attached hydrogens (tertiary/aromatic N) is 11. The molecule has 38 heteroatoms. The van der Waals surface area contributed by atoms with E-state index in [0.29, 0.717) is 58.6 Å². The topological polar surface area (TPSA) is 404 Å². The molecule has 11 heterocycles. The van der Waals surface area contributed by atoms with Gasteiger partial charge in [0, 0.05) is 142 Å². The number of fused-ring (bicyclic) bond motifs is 3. The van der Waals surface area contributed by atoms with Crippen LogP contribution in [-0.2, 0) is 14.4 Å². The van der Waals surface area contributed by atoms with E-state index in [4.69, 9.17) is 7.10 Å². The number of aryl methyl sites for hydroxylation is 2. The molecular weight excluding hydrogens is 1600 g/mol. The number of aromatic nitrogens is 8. The average Bonchev–Trinajstić information content (AvgIpc) is 1.63. The Morgan fingerprint density at radius 3 is 1.14 bits per heavy atom. The molecule has 4 aromatic carbocycles. The van der Waals surface area contributed by atoms with Gasteiger partial charge in [-0.2, -0.15) is 8.78 Å². The summed E-state index contributed by atoms with van der Waals surface area (Å²) in [5, 5.41) is 16.9. The molecule has 0 spiro atoms. The highest BCUT2D eigenvalue weighted by atomic mass is 32.1. The number of pyridine rings is 3. The van der Waals surface area contributed by atoms with Crippen molar-refractivity contribution in [1.82, 2.24) is 69.3 Å². The summed E-state index contributed by atoms with van der Waals surface area (Å²) in [4.78, 5) is 192. The summed E-state index contributed by atoms with van der Waals surface area (Å²) >= 11 is 2.78. The Bertz CT molecular complexity index is 5890. The average molecular weight is 1670 g/mol. The molecule has 0 radical (unpaired) electrons. The zero-order valence-electron chi connectivity index (χ0n) is 64.6. The lowest BCUT2D eigenvalue weighted by atomic mass is 10.1. The molecule has 3 aliphatic heterocycles. The third-order valence-electron chi connectivity index (χ3n) is 19.1. The Morgan fingerprint density at radius 1 is 0.479 bits per heavy atom. The van der Waals surface area contributed by atoms with Gasteiger partial charge < -0.3 is 59.9 Å². The van der Waals surface area contributed by atoms with E-state index >= 15 is 0 Å². The third kappa shape index (κ3) is 18.7. The number of aromatic carboxylic acids is 1. The first kappa shape index (κ1) is 84.2. The first-order valence-corrected chi connectivity index (χ1v) is 37.9. The van der Waals surface area contributed by atoms with Crippen molar-refractivity contribution < 1.29 is 95.1 Å². The van der Waals surface area contributed by atoms with Gasteiger partial charge in [0.15, 0.2) is 10.3 Å². The largest absolute Gasteiger partial charge is 0.478 e. The molecular formula is C81H72F6N16O14S2. The smallest absolute Gasteiger partial charge is 0.346 e. The van der Waals surface area contributed by atoms with Gasteiger partial charge in [0.25, 0.3) is 58.7 Å². The Hall–Kier alpha value is -14.2. The van der Waals surface area contributed by atoms with Crippen molar-refractivity contribution >= 4 is 137 Å². The molecule has 119 heavy (non-hydrogen) atoms. The Morgan fingerprint density at radius 2 is 0.815 bits per heavy atom. The second-order valence-electron chi connectivity index (χ2n) is 26.9. The van der Waals surface area contributed by atoms with Gasteiger partial charge in [0.05, 0.1) is 69.8 Å². The van der Waals surface area contributed by atoms with Gasteiger partial charge in [-0.1, -0.05) is 54.6 Å². The predicted molar refractivity (Wildman–Crippen MR) is 423 cm³/mol. The van der Waals surface area contributed by atoms with E-state index in [0.717, 1.165) is 29.8 Å². The molecule has 0 unspecified atom stereocenters. The number of nitrogens with one attached hydrogen (secondary N) is 4. The van der Waals surface area contributed by atoms with Crippen LogP contribution in [0.25, 0.3) is 33.1 Å². The van der Waals surface area contributed by atoms with Gasteiger partial charge in [-0.3, -0.25) is 72.6 Å². The molecule has 8 aromatic heterocycles. The van der Waals surface area contributed by atoms with Crippen molar-refractivity contribution in [2.24, 2.45) is 0 Å². The summed E-state index contributed by atoms with van der Waals surface area (Å²) in [5.41, 5.74) is 8.97. The number of esters is 1. The van der Waals surface area contributed by atoms with Crippen molar-refractivity contribution in [2.75, 3.05) is 77.1 Å². The highest BCUT2D eigenvalue weighted by Gasteiger charge is 2.40. The number of aromatic amines is 3. The molecule has 0 aliphatic carbocycles. The van der Waals surface area contributed by atoms with Gasteiger partial charge in [-0.25, -0.2) is 32.7 Å². The minimum atomic E-state index is -2.42. The molecule has 12 aromatic rings. The van der Waals surface area contributed by atoms with Crippen LogP contribution >= 0.6 is 22.7 Å². The fourth-order valence-corrected chi connectivity index (χ4v) is 14.5. The number of ketones is 3. The molecule has 3 fully saturated rings. The molecule has 0 bridgehead atoms. The van der Waals surface area contributed by atoms with Crippen LogP contribution in [-0.4, -0.2) is 229 Å². The molecule has 614 valence electrons. The van der Waals surface area contributed by atoms with Crippen LogP contribution in [0.5, 0.6) is 5.75 Å². The lowest BCUT2D eigenvalue weighted by Crippen LogP contribution is -2.56. The van der Waals surface area contributed by atoms with Crippen molar-refractivity contribution in [3.05, 3.63) is 248 Å². The number of hydrogen-bond acceptors (Lipinski definition) is 21. The fraction of sp³-hybridized carbons (Fsp3) is 0.222. The maximum absolute atomic E-state index is 14.0. The maximum Gasteiger partial charge on any atom is 0.346 e. The van der Waals surface area contributed by atoms with Gasteiger partial charge in [-0.15, -0.1) is 22.7 Å². The number of benzene rings is 4. The maximum atomic E-state index is 14.0. The SMILES string of the molecule is C[C@@H]1CN(C(=O)c2ccccc2)CCN1C(=O)C(=O)c1c[nH]c2c(C(=O)O)ccnc12.C[C@@H]1CN(C(=O)c2ccccc2)CCN1C(=O)C(=O)c1c[nH]c2c(C(=O)Oc3c(F)c(F)c(F)c(F)c3F)ccnc12.Cc1csc(N)n1.Cc1csc(NC(=O)c2ccnc3c(C(=O)C(=O)N4CCN(C(=O)c5ccccc5)C[C@H]4C)c[nH]c23)n1.[2H]CF. The lowest BCUT2D eigenvalue weighted by Gasteiger charge is -2.39. The highest BCUT2D eigenvalue weighted by Crippen LogP contribution is 2.33. The number of rotatable bonds is 14. The minimum Gasteiger partial charge on any atom is -0.478 e. The number of H-pyrrole nitrogens is 3. The van der Waals surface area contributed by atoms with E-state index in [-0.39, 0.29) is 118 Å². The van der Waals surface area contributed by atoms with Gasteiger partial charge in [0.2, 0.25) is 34.8 Å². The Balaban J connectivity index is 0.000000167. The zero-order valence-corrected chi connectivity index (χ0v) is 65.3. The van der Waals surface area contributed by atoms with E-state index in [2.05, 4.69) is 49.9 Å². The number of ether oxygens (including phenoxy) is 1. The van der Waals surface area contributed by atoms with Crippen molar-refractivity contribution in [1.29, 1.82) is 0 Å². The van der Waals surface area contributed by atoms with E-state index in [1.807, 2.05) is 43.7 Å². The summed E-state index contributed by atoms with van der Waals surface area (Å²) in [6.07, 6.45) is 7.55. The molecule has 7 N–H and O–H groups in total. The number of hydrogen-bond donors (Lipinski definition) is 6. The lowest BCUT2D eigenvalue weighted by molar-refractivity contribution is -0.130. The second kappa shape index (κ2) is 37.6. The van der Waals surface area contributed by atoms with Crippen LogP contribution < -0.4 is 15.8 Å². The van der Waals surface area contributed by atoms with Crippen molar-refractivity contribution in [2.45, 2.75) is 52.7 Å². The number of nitrogen functional groups attached to an aromatic ring is 1. The minimum absolute atomic E-state index is 0.0260. The molecule has 3 atom stereocenters. The number of carboxylic acids is 1. The number of carboxylic acid groups (broad SMARTS) is 1. The molecule has 3 saturated heterocycles. The van der Waals surface area contributed by atoms with E-state index < -0.39 is 107 Å². The predicted octanol–water partition coefficient (Wildman–Crippen LogP) is 10.6. The van der Waals surface area contributed by atoms with Gasteiger partial charge >= 0.3 is 11.9 Å². The van der Waals surface area contributed by atoms with Crippen LogP contribution in [0.4, 0.5) is 36.6 Å². The summed E-state index contributed by atoms with van der Waals surface area (Å²) in [5.74, 6) is -21.8. The van der Waals surface area contributed by atoms with Gasteiger partial charge in [-0.05, 0) is 89.2 Å². The van der Waals surface area contributed by atoms with Crippen LogP contribution in [0.15, 0.2) is 157 Å². The Labute approximate surface area is 681 Å². The molecule has 3 aliphatic rings. The van der Waals surface area contributed by atoms with Gasteiger partial charge in [0.1, 0.15) is 16.6 Å². The number of alkyl halides is 1. The number of nitrogens with two attached hydrogens (primary N) is 1. The quantitative estimate of drug-likeness (QED) is 0.0112. The number of amides is 7. The van der Waals surface area contributed by atoms with Crippen LogP contribution in [0.2, 0.25) is 0 Å². The van der Waals surface area contributed by atoms with Crippen molar-refractivity contribution in [3.63, 3.8) is 0 Å². The number of halogens is 6. The summed E-state index contributed by atoms with van der Waals surface area (Å²) in [6.45, 7) is 11.2. The number of piperazine rings is 3. The van der Waals surface area contributed by atoms with Crippen LogP contribution in [0, 0.1) is 42.9 Å².